The number of benzene rings is 1. The largest absolute Gasteiger partial charge is 0.497 e. The van der Waals surface area contributed by atoms with Crippen LogP contribution in [0.2, 0.25) is 0 Å². The van der Waals surface area contributed by atoms with Crippen molar-refractivity contribution in [3.05, 3.63) is 23.8 Å². The summed E-state index contributed by atoms with van der Waals surface area (Å²) in [6.45, 7) is 5.25. The first-order valence-electron chi connectivity index (χ1n) is 6.73. The van der Waals surface area contributed by atoms with Crippen LogP contribution in [0, 0.1) is 0 Å². The molecule has 0 saturated carbocycles. The third kappa shape index (κ3) is 5.74. The first-order valence-corrected chi connectivity index (χ1v) is 7.88. The van der Waals surface area contributed by atoms with Gasteiger partial charge in [-0.3, -0.25) is 0 Å². The fourth-order valence-corrected chi connectivity index (χ4v) is 2.60. The molecule has 0 spiro atoms. The third-order valence-electron chi connectivity index (χ3n) is 3.03. The molecule has 108 valence electrons. The molecule has 0 aromatic heterocycles. The van der Waals surface area contributed by atoms with Crippen LogP contribution in [0.4, 0.5) is 0 Å². The van der Waals surface area contributed by atoms with Gasteiger partial charge in [0.1, 0.15) is 11.5 Å². The topological polar surface area (TPSA) is 30.5 Å². The van der Waals surface area contributed by atoms with Gasteiger partial charge < -0.3 is 14.8 Å². The summed E-state index contributed by atoms with van der Waals surface area (Å²) in [6, 6.07) is 6.47. The average molecular weight is 283 g/mol. The Bertz CT molecular complexity index is 371. The smallest absolute Gasteiger partial charge is 0.127 e. The maximum absolute atomic E-state index is 5.39. The third-order valence-corrected chi connectivity index (χ3v) is 3.97. The molecule has 0 saturated heterocycles. The van der Waals surface area contributed by atoms with Crippen molar-refractivity contribution in [2.24, 2.45) is 0 Å². The molecule has 0 fully saturated rings. The number of hydrogen-bond donors (Lipinski definition) is 1. The quantitative estimate of drug-likeness (QED) is 0.704. The van der Waals surface area contributed by atoms with Crippen LogP contribution in [-0.4, -0.2) is 31.8 Å². The minimum Gasteiger partial charge on any atom is -0.497 e. The predicted molar refractivity (Wildman–Crippen MR) is 83.5 cm³/mol. The van der Waals surface area contributed by atoms with Crippen LogP contribution in [0.5, 0.6) is 11.5 Å². The zero-order chi connectivity index (χ0) is 14.1. The van der Waals surface area contributed by atoms with E-state index in [-0.39, 0.29) is 0 Å². The second-order valence-electron chi connectivity index (χ2n) is 4.45. The first kappa shape index (κ1) is 16.2. The molecule has 1 aromatic rings. The summed E-state index contributed by atoms with van der Waals surface area (Å²) >= 11 is 1.99. The SMILES string of the molecule is CCSCCC(C)NCc1ccc(OC)cc1OC. The van der Waals surface area contributed by atoms with E-state index in [9.17, 15) is 0 Å². The summed E-state index contributed by atoms with van der Waals surface area (Å²) in [7, 11) is 3.36. The molecule has 1 unspecified atom stereocenters. The summed E-state index contributed by atoms with van der Waals surface area (Å²) in [6.07, 6.45) is 1.19. The molecule has 0 bridgehead atoms. The molecule has 1 rings (SSSR count). The molecule has 1 aromatic carbocycles. The summed E-state index contributed by atoms with van der Waals surface area (Å²) in [5.41, 5.74) is 1.17. The Balaban J connectivity index is 2.47. The highest BCUT2D eigenvalue weighted by atomic mass is 32.2. The van der Waals surface area contributed by atoms with Gasteiger partial charge in [0, 0.05) is 24.2 Å². The van der Waals surface area contributed by atoms with E-state index in [2.05, 4.69) is 25.2 Å². The Hall–Kier alpha value is -0.870. The Kier molecular flexibility index (Phi) is 7.75. The van der Waals surface area contributed by atoms with Crippen molar-refractivity contribution in [2.75, 3.05) is 25.7 Å². The van der Waals surface area contributed by atoms with Crippen LogP contribution in [-0.2, 0) is 6.54 Å². The van der Waals surface area contributed by atoms with E-state index in [1.807, 2.05) is 23.9 Å². The number of rotatable bonds is 9. The van der Waals surface area contributed by atoms with Gasteiger partial charge in [0.05, 0.1) is 14.2 Å². The minimum atomic E-state index is 0.519. The van der Waals surface area contributed by atoms with Gasteiger partial charge in [-0.15, -0.1) is 0 Å². The Morgan fingerprint density at radius 3 is 2.68 bits per heavy atom. The molecule has 3 nitrogen and oxygen atoms in total. The fourth-order valence-electron chi connectivity index (χ4n) is 1.79. The fraction of sp³-hybridized carbons (Fsp3) is 0.600. The van der Waals surface area contributed by atoms with E-state index in [0.29, 0.717) is 6.04 Å². The van der Waals surface area contributed by atoms with Crippen LogP contribution in [0.3, 0.4) is 0 Å². The van der Waals surface area contributed by atoms with Crippen LogP contribution < -0.4 is 14.8 Å². The maximum Gasteiger partial charge on any atom is 0.127 e. The van der Waals surface area contributed by atoms with Gasteiger partial charge in [0.25, 0.3) is 0 Å². The van der Waals surface area contributed by atoms with E-state index < -0.39 is 0 Å². The molecule has 0 aliphatic heterocycles. The Morgan fingerprint density at radius 2 is 2.05 bits per heavy atom. The lowest BCUT2D eigenvalue weighted by atomic mass is 10.1. The molecular formula is C15H25NO2S. The summed E-state index contributed by atoms with van der Waals surface area (Å²) < 4.78 is 10.6. The first-order chi connectivity index (χ1) is 9.21. The van der Waals surface area contributed by atoms with Crippen LogP contribution in [0.15, 0.2) is 18.2 Å². The van der Waals surface area contributed by atoms with E-state index in [4.69, 9.17) is 9.47 Å². The molecule has 0 radical (unpaired) electrons. The molecule has 0 aliphatic carbocycles. The van der Waals surface area contributed by atoms with Crippen molar-refractivity contribution < 1.29 is 9.47 Å². The normalized spacial score (nSPS) is 12.2. The highest BCUT2D eigenvalue weighted by Gasteiger charge is 2.07. The summed E-state index contributed by atoms with van der Waals surface area (Å²) in [5, 5.41) is 3.54. The van der Waals surface area contributed by atoms with Crippen LogP contribution in [0.1, 0.15) is 25.8 Å². The zero-order valence-corrected chi connectivity index (χ0v) is 13.2. The average Bonchev–Trinajstić information content (AvgIpc) is 2.45. The van der Waals surface area contributed by atoms with E-state index in [0.717, 1.165) is 18.0 Å². The van der Waals surface area contributed by atoms with Crippen molar-refractivity contribution in [3.8, 4) is 11.5 Å². The highest BCUT2D eigenvalue weighted by molar-refractivity contribution is 7.99. The van der Waals surface area contributed by atoms with Gasteiger partial charge >= 0.3 is 0 Å². The lowest BCUT2D eigenvalue weighted by molar-refractivity contribution is 0.388. The van der Waals surface area contributed by atoms with Gasteiger partial charge in [0.15, 0.2) is 0 Å². The number of methoxy groups -OCH3 is 2. The van der Waals surface area contributed by atoms with E-state index in [1.165, 1.54) is 23.5 Å². The number of thioether (sulfide) groups is 1. The van der Waals surface area contributed by atoms with E-state index >= 15 is 0 Å². The molecule has 0 aliphatic rings. The van der Waals surface area contributed by atoms with Crippen molar-refractivity contribution >= 4 is 11.8 Å². The minimum absolute atomic E-state index is 0.519. The van der Waals surface area contributed by atoms with Crippen LogP contribution >= 0.6 is 11.8 Å². The van der Waals surface area contributed by atoms with Gasteiger partial charge in [-0.1, -0.05) is 13.0 Å². The molecule has 1 atom stereocenters. The second-order valence-corrected chi connectivity index (χ2v) is 5.84. The maximum atomic E-state index is 5.39. The molecular weight excluding hydrogens is 258 g/mol. The Labute approximate surface area is 121 Å². The lowest BCUT2D eigenvalue weighted by Crippen LogP contribution is -2.26. The molecule has 4 heteroatoms. The van der Waals surface area contributed by atoms with Gasteiger partial charge in [-0.25, -0.2) is 0 Å². The highest BCUT2D eigenvalue weighted by Crippen LogP contribution is 2.24. The van der Waals surface area contributed by atoms with E-state index in [1.54, 1.807) is 14.2 Å². The zero-order valence-electron chi connectivity index (χ0n) is 12.4. The van der Waals surface area contributed by atoms with Crippen molar-refractivity contribution in [1.29, 1.82) is 0 Å². The number of nitrogens with one attached hydrogen (secondary N) is 1. The second kappa shape index (κ2) is 9.10. The number of ether oxygens (including phenoxy) is 2. The standard InChI is InChI=1S/C15H25NO2S/c1-5-19-9-8-12(2)16-11-13-6-7-14(17-3)10-15(13)18-4/h6-7,10,12,16H,5,8-9,11H2,1-4H3. The molecule has 0 heterocycles. The van der Waals surface area contributed by atoms with Gasteiger partial charge in [-0.05, 0) is 30.9 Å². The molecule has 0 amide bonds. The van der Waals surface area contributed by atoms with Gasteiger partial charge in [-0.2, -0.15) is 11.8 Å². The summed E-state index contributed by atoms with van der Waals surface area (Å²) in [4.78, 5) is 0. The lowest BCUT2D eigenvalue weighted by Gasteiger charge is -2.15. The predicted octanol–water partition coefficient (Wildman–Crippen LogP) is 3.33. The number of hydrogen-bond acceptors (Lipinski definition) is 4. The van der Waals surface area contributed by atoms with Gasteiger partial charge in [0.2, 0.25) is 0 Å². The van der Waals surface area contributed by atoms with Crippen molar-refractivity contribution in [3.63, 3.8) is 0 Å². The van der Waals surface area contributed by atoms with Crippen LogP contribution in [0.25, 0.3) is 0 Å². The molecule has 19 heavy (non-hydrogen) atoms. The summed E-state index contributed by atoms with van der Waals surface area (Å²) in [5.74, 6) is 4.11. The van der Waals surface area contributed by atoms with Crippen molar-refractivity contribution in [2.45, 2.75) is 32.9 Å². The Morgan fingerprint density at radius 1 is 1.26 bits per heavy atom. The molecule has 1 N–H and O–H groups in total. The van der Waals surface area contributed by atoms with Crippen molar-refractivity contribution in [1.82, 2.24) is 5.32 Å². The monoisotopic (exact) mass is 283 g/mol.